The van der Waals surface area contributed by atoms with Crippen LogP contribution in [-0.4, -0.2) is 26.7 Å². The van der Waals surface area contributed by atoms with E-state index in [1.54, 1.807) is 6.08 Å². The minimum absolute atomic E-state index is 0.0620. The molecular formula is C20H33BrO2. The van der Waals surface area contributed by atoms with Gasteiger partial charge in [-0.05, 0) is 64.2 Å². The highest BCUT2D eigenvalue weighted by Crippen LogP contribution is 2.50. The van der Waals surface area contributed by atoms with E-state index in [9.17, 15) is 10.2 Å². The standard InChI is InChI=1S/C20H33BrO2/c1-7-19(5,23)12-10-16-15(4)8-9-18(21)20(16,6)13-11-17(22)14(2)3/h7-8,16-18,22-23H,1-2,9-13H2,3-6H3/t16-,17?,18+,19?,20+/m1/s1. The number of aliphatic hydroxyl groups is 2. The monoisotopic (exact) mass is 384 g/mol. The van der Waals surface area contributed by atoms with Crippen LogP contribution in [0.25, 0.3) is 0 Å². The van der Waals surface area contributed by atoms with Crippen LogP contribution in [0.4, 0.5) is 0 Å². The Labute approximate surface area is 150 Å². The zero-order chi connectivity index (χ0) is 17.8. The molecule has 0 radical (unpaired) electrons. The maximum atomic E-state index is 10.3. The van der Waals surface area contributed by atoms with Crippen molar-refractivity contribution in [3.05, 3.63) is 36.5 Å². The summed E-state index contributed by atoms with van der Waals surface area (Å²) in [6.07, 6.45) is 7.80. The van der Waals surface area contributed by atoms with Crippen LogP contribution >= 0.6 is 15.9 Å². The fraction of sp³-hybridized carbons (Fsp3) is 0.700. The van der Waals surface area contributed by atoms with E-state index in [4.69, 9.17) is 0 Å². The summed E-state index contributed by atoms with van der Waals surface area (Å²) in [5.41, 5.74) is 1.46. The van der Waals surface area contributed by atoms with Crippen molar-refractivity contribution in [3.8, 4) is 0 Å². The molecule has 2 unspecified atom stereocenters. The summed E-state index contributed by atoms with van der Waals surface area (Å²) < 4.78 is 0. The minimum Gasteiger partial charge on any atom is -0.389 e. The fourth-order valence-corrected chi connectivity index (χ4v) is 4.30. The molecule has 0 saturated heterocycles. The molecule has 132 valence electrons. The Morgan fingerprint density at radius 1 is 1.61 bits per heavy atom. The molecule has 3 heteroatoms. The van der Waals surface area contributed by atoms with Crippen molar-refractivity contribution in [1.29, 1.82) is 0 Å². The summed E-state index contributed by atoms with van der Waals surface area (Å²) in [5.74, 6) is 0.393. The number of alkyl halides is 1. The van der Waals surface area contributed by atoms with E-state index in [2.05, 4.69) is 49.0 Å². The van der Waals surface area contributed by atoms with Crippen molar-refractivity contribution < 1.29 is 10.2 Å². The molecule has 0 aliphatic heterocycles. The summed E-state index contributed by atoms with van der Waals surface area (Å²) in [6, 6.07) is 0. The van der Waals surface area contributed by atoms with Gasteiger partial charge in [-0.15, -0.1) is 6.58 Å². The zero-order valence-corrected chi connectivity index (χ0v) is 16.7. The van der Waals surface area contributed by atoms with E-state index in [0.29, 0.717) is 17.2 Å². The van der Waals surface area contributed by atoms with Crippen LogP contribution in [0.15, 0.2) is 36.5 Å². The zero-order valence-electron chi connectivity index (χ0n) is 15.1. The number of hydrogen-bond acceptors (Lipinski definition) is 2. The molecule has 1 aliphatic carbocycles. The lowest BCUT2D eigenvalue weighted by Crippen LogP contribution is -2.41. The maximum absolute atomic E-state index is 10.3. The van der Waals surface area contributed by atoms with Gasteiger partial charge in [0, 0.05) is 4.83 Å². The third-order valence-electron chi connectivity index (χ3n) is 5.61. The van der Waals surface area contributed by atoms with Gasteiger partial charge in [0.1, 0.15) is 0 Å². The first kappa shape index (κ1) is 20.7. The highest BCUT2D eigenvalue weighted by molar-refractivity contribution is 9.09. The van der Waals surface area contributed by atoms with Crippen LogP contribution in [0.5, 0.6) is 0 Å². The van der Waals surface area contributed by atoms with Crippen LogP contribution in [-0.2, 0) is 0 Å². The summed E-state index contributed by atoms with van der Waals surface area (Å²) in [4.78, 5) is 0.384. The van der Waals surface area contributed by atoms with Crippen LogP contribution < -0.4 is 0 Å². The molecule has 0 fully saturated rings. The summed E-state index contributed by atoms with van der Waals surface area (Å²) in [6.45, 7) is 15.8. The van der Waals surface area contributed by atoms with E-state index in [-0.39, 0.29) is 5.41 Å². The molecule has 0 aromatic carbocycles. The largest absolute Gasteiger partial charge is 0.389 e. The van der Waals surface area contributed by atoms with Gasteiger partial charge in [-0.3, -0.25) is 0 Å². The highest BCUT2D eigenvalue weighted by Gasteiger charge is 2.43. The Kier molecular flexibility index (Phi) is 7.31. The molecule has 0 bridgehead atoms. The lowest BCUT2D eigenvalue weighted by atomic mass is 9.62. The van der Waals surface area contributed by atoms with E-state index in [1.807, 2.05) is 13.8 Å². The number of hydrogen-bond donors (Lipinski definition) is 2. The molecule has 0 amide bonds. The van der Waals surface area contributed by atoms with Gasteiger partial charge in [0.05, 0.1) is 11.7 Å². The minimum atomic E-state index is -0.822. The topological polar surface area (TPSA) is 40.5 Å². The number of halogens is 1. The van der Waals surface area contributed by atoms with Gasteiger partial charge in [-0.25, -0.2) is 0 Å². The molecule has 5 atom stereocenters. The van der Waals surface area contributed by atoms with Gasteiger partial charge in [-0.1, -0.05) is 52.7 Å². The Bertz CT molecular complexity index is 466. The molecule has 23 heavy (non-hydrogen) atoms. The van der Waals surface area contributed by atoms with Crippen molar-refractivity contribution in [2.45, 2.75) is 76.3 Å². The van der Waals surface area contributed by atoms with Crippen molar-refractivity contribution in [2.75, 3.05) is 0 Å². The van der Waals surface area contributed by atoms with Gasteiger partial charge >= 0.3 is 0 Å². The summed E-state index contributed by atoms with van der Waals surface area (Å²) in [5, 5.41) is 20.4. The van der Waals surface area contributed by atoms with Crippen molar-refractivity contribution >= 4 is 15.9 Å². The predicted octanol–water partition coefficient (Wildman–Crippen LogP) is 5.16. The lowest BCUT2D eigenvalue weighted by molar-refractivity contribution is 0.0735. The fourth-order valence-electron chi connectivity index (χ4n) is 3.56. The van der Waals surface area contributed by atoms with E-state index >= 15 is 0 Å². The Balaban J connectivity index is 2.91. The molecular weight excluding hydrogens is 352 g/mol. The van der Waals surface area contributed by atoms with Crippen molar-refractivity contribution in [1.82, 2.24) is 0 Å². The van der Waals surface area contributed by atoms with Gasteiger partial charge in [0.25, 0.3) is 0 Å². The van der Waals surface area contributed by atoms with Gasteiger partial charge in [0.15, 0.2) is 0 Å². The summed E-state index contributed by atoms with van der Waals surface area (Å²) >= 11 is 3.87. The normalized spacial score (nSPS) is 31.9. The SMILES string of the molecule is C=CC(C)(O)CC[C@@H]1C(C)=CC[C@H](Br)[C@@]1(C)CCC(O)C(=C)C. The first-order valence-electron chi connectivity index (χ1n) is 8.53. The second-order valence-electron chi connectivity index (χ2n) is 7.71. The Morgan fingerprint density at radius 2 is 2.22 bits per heavy atom. The van der Waals surface area contributed by atoms with Gasteiger partial charge in [-0.2, -0.15) is 0 Å². The molecule has 1 rings (SSSR count). The molecule has 0 aromatic rings. The predicted molar refractivity (Wildman–Crippen MR) is 103 cm³/mol. The molecule has 0 saturated carbocycles. The van der Waals surface area contributed by atoms with Crippen LogP contribution in [0.1, 0.15) is 59.8 Å². The van der Waals surface area contributed by atoms with Gasteiger partial charge in [0.2, 0.25) is 0 Å². The second-order valence-corrected chi connectivity index (χ2v) is 8.82. The molecule has 2 nitrogen and oxygen atoms in total. The third kappa shape index (κ3) is 5.30. The van der Waals surface area contributed by atoms with E-state index in [0.717, 1.165) is 31.3 Å². The number of rotatable bonds is 8. The Hall–Kier alpha value is -0.380. The van der Waals surface area contributed by atoms with Crippen LogP contribution in [0, 0.1) is 11.3 Å². The lowest BCUT2D eigenvalue weighted by Gasteiger charge is -2.46. The van der Waals surface area contributed by atoms with Crippen LogP contribution in [0.3, 0.4) is 0 Å². The smallest absolute Gasteiger partial charge is 0.0797 e. The first-order chi connectivity index (χ1) is 10.5. The Morgan fingerprint density at radius 3 is 2.74 bits per heavy atom. The third-order valence-corrected chi connectivity index (χ3v) is 7.03. The van der Waals surface area contributed by atoms with E-state index in [1.165, 1.54) is 5.57 Å². The quantitative estimate of drug-likeness (QED) is 0.448. The average molecular weight is 385 g/mol. The van der Waals surface area contributed by atoms with Gasteiger partial charge < -0.3 is 10.2 Å². The first-order valence-corrected chi connectivity index (χ1v) is 9.45. The number of aliphatic hydroxyl groups excluding tert-OH is 1. The average Bonchev–Trinajstić information content (AvgIpc) is 2.48. The number of allylic oxidation sites excluding steroid dienone is 2. The molecule has 0 aromatic heterocycles. The molecule has 2 N–H and O–H groups in total. The molecule has 1 aliphatic rings. The van der Waals surface area contributed by atoms with Crippen molar-refractivity contribution in [3.63, 3.8) is 0 Å². The summed E-state index contributed by atoms with van der Waals surface area (Å²) in [7, 11) is 0. The molecule has 0 heterocycles. The maximum Gasteiger partial charge on any atom is 0.0797 e. The molecule has 0 spiro atoms. The highest BCUT2D eigenvalue weighted by atomic mass is 79.9. The van der Waals surface area contributed by atoms with Crippen LogP contribution in [0.2, 0.25) is 0 Å². The van der Waals surface area contributed by atoms with E-state index < -0.39 is 11.7 Å². The second kappa shape index (κ2) is 8.13. The van der Waals surface area contributed by atoms with Crippen molar-refractivity contribution in [2.24, 2.45) is 11.3 Å².